The van der Waals surface area contributed by atoms with E-state index >= 15 is 0 Å². The highest BCUT2D eigenvalue weighted by molar-refractivity contribution is 5.85. The number of halogens is 1. The van der Waals surface area contributed by atoms with E-state index in [2.05, 4.69) is 47.8 Å². The second-order valence-electron chi connectivity index (χ2n) is 6.44. The van der Waals surface area contributed by atoms with Gasteiger partial charge in [-0.15, -0.1) is 0 Å². The van der Waals surface area contributed by atoms with Crippen LogP contribution >= 0.6 is 0 Å². The molecular weight excluding hydrogens is 311 g/mol. The zero-order chi connectivity index (χ0) is 17.5. The lowest BCUT2D eigenvalue weighted by Gasteiger charge is -2.12. The van der Waals surface area contributed by atoms with Crippen molar-refractivity contribution >= 4 is 10.8 Å². The summed E-state index contributed by atoms with van der Waals surface area (Å²) in [5.74, 6) is -0.217. The van der Waals surface area contributed by atoms with Gasteiger partial charge in [0.15, 0.2) is 0 Å². The Bertz CT molecular complexity index is 793. The van der Waals surface area contributed by atoms with Gasteiger partial charge in [-0.25, -0.2) is 4.39 Å². The van der Waals surface area contributed by atoms with Crippen LogP contribution in [0.2, 0.25) is 0 Å². The van der Waals surface area contributed by atoms with E-state index in [9.17, 15) is 4.39 Å². The molecule has 3 aromatic carbocycles. The summed E-state index contributed by atoms with van der Waals surface area (Å²) in [7, 11) is 0. The standard InChI is InChI=1S/C22H25FN2/c23-20-12-10-19(11-13-20)22(24)9-4-15-25-16-14-18-7-3-6-17-5-1-2-8-21(17)18/h1-3,5-8,10-13,22,25H,4,9,14-16,24H2. The Kier molecular flexibility index (Phi) is 6.15. The third kappa shape index (κ3) is 4.88. The molecule has 0 amide bonds. The fourth-order valence-electron chi connectivity index (χ4n) is 3.18. The molecular formula is C22H25FN2. The lowest BCUT2D eigenvalue weighted by molar-refractivity contribution is 0.565. The molecule has 0 saturated heterocycles. The van der Waals surface area contributed by atoms with Crippen molar-refractivity contribution in [2.45, 2.75) is 25.3 Å². The van der Waals surface area contributed by atoms with Crippen LogP contribution in [0.3, 0.4) is 0 Å². The fourth-order valence-corrected chi connectivity index (χ4v) is 3.18. The summed E-state index contributed by atoms with van der Waals surface area (Å²) in [4.78, 5) is 0. The van der Waals surface area contributed by atoms with Crippen LogP contribution in [0.25, 0.3) is 10.8 Å². The highest BCUT2D eigenvalue weighted by Crippen LogP contribution is 2.19. The maximum Gasteiger partial charge on any atom is 0.123 e. The van der Waals surface area contributed by atoms with Crippen molar-refractivity contribution in [2.24, 2.45) is 5.73 Å². The molecule has 25 heavy (non-hydrogen) atoms. The topological polar surface area (TPSA) is 38.0 Å². The van der Waals surface area contributed by atoms with E-state index in [4.69, 9.17) is 5.73 Å². The van der Waals surface area contributed by atoms with Gasteiger partial charge in [-0.3, -0.25) is 0 Å². The largest absolute Gasteiger partial charge is 0.324 e. The van der Waals surface area contributed by atoms with Crippen LogP contribution in [-0.4, -0.2) is 13.1 Å². The summed E-state index contributed by atoms with van der Waals surface area (Å²) in [6.07, 6.45) is 2.92. The summed E-state index contributed by atoms with van der Waals surface area (Å²) in [6.45, 7) is 1.90. The molecule has 0 fully saturated rings. The second kappa shape index (κ2) is 8.75. The molecule has 1 unspecified atom stereocenters. The molecule has 0 bridgehead atoms. The first kappa shape index (κ1) is 17.6. The normalized spacial score (nSPS) is 12.4. The van der Waals surface area contributed by atoms with Gasteiger partial charge in [-0.1, -0.05) is 54.6 Å². The van der Waals surface area contributed by atoms with E-state index in [0.717, 1.165) is 37.9 Å². The maximum atomic E-state index is 12.9. The van der Waals surface area contributed by atoms with Crippen molar-refractivity contribution in [2.75, 3.05) is 13.1 Å². The molecule has 3 aromatic rings. The molecule has 130 valence electrons. The predicted octanol–water partition coefficient (Wildman–Crippen LogP) is 4.59. The average Bonchev–Trinajstić information content (AvgIpc) is 2.65. The molecule has 0 aliphatic carbocycles. The maximum absolute atomic E-state index is 12.9. The van der Waals surface area contributed by atoms with Gasteiger partial charge in [0.1, 0.15) is 5.82 Å². The monoisotopic (exact) mass is 336 g/mol. The summed E-state index contributed by atoms with van der Waals surface area (Å²) < 4.78 is 12.9. The molecule has 0 radical (unpaired) electrons. The third-order valence-corrected chi connectivity index (χ3v) is 4.62. The van der Waals surface area contributed by atoms with Crippen molar-refractivity contribution in [3.05, 3.63) is 83.7 Å². The Balaban J connectivity index is 1.39. The average molecular weight is 336 g/mol. The first-order chi connectivity index (χ1) is 12.2. The Morgan fingerprint density at radius 3 is 2.48 bits per heavy atom. The minimum Gasteiger partial charge on any atom is -0.324 e. The first-order valence-electron chi connectivity index (χ1n) is 8.92. The SMILES string of the molecule is NC(CCCNCCc1cccc2ccccc12)c1ccc(F)cc1. The van der Waals surface area contributed by atoms with Gasteiger partial charge in [0, 0.05) is 6.04 Å². The van der Waals surface area contributed by atoms with Gasteiger partial charge in [0.2, 0.25) is 0 Å². The number of fused-ring (bicyclic) bond motifs is 1. The molecule has 0 saturated carbocycles. The van der Waals surface area contributed by atoms with E-state index in [-0.39, 0.29) is 11.9 Å². The summed E-state index contributed by atoms with van der Waals surface area (Å²) in [5, 5.41) is 6.13. The number of nitrogens with two attached hydrogens (primary N) is 1. The van der Waals surface area contributed by atoms with Crippen LogP contribution in [0.1, 0.15) is 30.0 Å². The van der Waals surface area contributed by atoms with Crippen LogP contribution in [0.5, 0.6) is 0 Å². The predicted molar refractivity (Wildman–Crippen MR) is 103 cm³/mol. The Labute approximate surface area is 148 Å². The van der Waals surface area contributed by atoms with E-state index in [1.165, 1.54) is 28.5 Å². The van der Waals surface area contributed by atoms with E-state index in [0.29, 0.717) is 0 Å². The second-order valence-corrected chi connectivity index (χ2v) is 6.44. The lowest BCUT2D eigenvalue weighted by atomic mass is 10.0. The van der Waals surface area contributed by atoms with Crippen LogP contribution < -0.4 is 11.1 Å². The number of rotatable bonds is 8. The molecule has 2 nitrogen and oxygen atoms in total. The zero-order valence-electron chi connectivity index (χ0n) is 14.4. The highest BCUT2D eigenvalue weighted by Gasteiger charge is 2.05. The quantitative estimate of drug-likeness (QED) is 0.590. The van der Waals surface area contributed by atoms with Gasteiger partial charge in [-0.2, -0.15) is 0 Å². The molecule has 0 aromatic heterocycles. The van der Waals surface area contributed by atoms with Crippen LogP contribution in [0, 0.1) is 5.82 Å². The minimum absolute atomic E-state index is 0.0273. The molecule has 1 atom stereocenters. The Hall–Kier alpha value is -2.23. The molecule has 3 N–H and O–H groups in total. The van der Waals surface area contributed by atoms with Crippen LogP contribution in [0.15, 0.2) is 66.7 Å². The molecule has 0 heterocycles. The van der Waals surface area contributed by atoms with Crippen molar-refractivity contribution in [3.63, 3.8) is 0 Å². The van der Waals surface area contributed by atoms with Gasteiger partial charge < -0.3 is 11.1 Å². The molecule has 3 rings (SSSR count). The molecule has 0 spiro atoms. The zero-order valence-corrected chi connectivity index (χ0v) is 14.4. The first-order valence-corrected chi connectivity index (χ1v) is 8.92. The summed E-state index contributed by atoms with van der Waals surface area (Å²) in [5.41, 5.74) is 8.54. The van der Waals surface area contributed by atoms with Crippen molar-refractivity contribution in [1.82, 2.24) is 5.32 Å². The number of nitrogens with one attached hydrogen (secondary N) is 1. The molecule has 3 heteroatoms. The Morgan fingerprint density at radius 2 is 1.64 bits per heavy atom. The summed E-state index contributed by atoms with van der Waals surface area (Å²) in [6, 6.07) is 21.5. The van der Waals surface area contributed by atoms with Crippen LogP contribution in [-0.2, 0) is 6.42 Å². The van der Waals surface area contributed by atoms with E-state index < -0.39 is 0 Å². The van der Waals surface area contributed by atoms with Gasteiger partial charge in [0.05, 0.1) is 0 Å². The van der Waals surface area contributed by atoms with E-state index in [1.54, 1.807) is 12.1 Å². The van der Waals surface area contributed by atoms with Crippen molar-refractivity contribution in [1.29, 1.82) is 0 Å². The van der Waals surface area contributed by atoms with E-state index in [1.807, 2.05) is 0 Å². The number of hydrogen-bond donors (Lipinski definition) is 2. The highest BCUT2D eigenvalue weighted by atomic mass is 19.1. The summed E-state index contributed by atoms with van der Waals surface area (Å²) >= 11 is 0. The Morgan fingerprint density at radius 1 is 0.880 bits per heavy atom. The van der Waals surface area contributed by atoms with Gasteiger partial charge in [0.25, 0.3) is 0 Å². The van der Waals surface area contributed by atoms with Crippen molar-refractivity contribution < 1.29 is 4.39 Å². The van der Waals surface area contributed by atoms with Crippen LogP contribution in [0.4, 0.5) is 4.39 Å². The van der Waals surface area contributed by atoms with Gasteiger partial charge >= 0.3 is 0 Å². The fraction of sp³-hybridized carbons (Fsp3) is 0.273. The van der Waals surface area contributed by atoms with Crippen molar-refractivity contribution in [3.8, 4) is 0 Å². The van der Waals surface area contributed by atoms with Gasteiger partial charge in [-0.05, 0) is 66.4 Å². The minimum atomic E-state index is -0.217. The number of hydrogen-bond acceptors (Lipinski definition) is 2. The third-order valence-electron chi connectivity index (χ3n) is 4.62. The molecule has 0 aliphatic heterocycles. The lowest BCUT2D eigenvalue weighted by Crippen LogP contribution is -2.20. The number of benzene rings is 3. The smallest absolute Gasteiger partial charge is 0.123 e. The molecule has 0 aliphatic rings.